The molecule has 0 fully saturated rings. The molecule has 0 aliphatic carbocycles. The average Bonchev–Trinajstić information content (AvgIpc) is 2.28. The minimum atomic E-state index is -0.285. The summed E-state index contributed by atoms with van der Waals surface area (Å²) in [7, 11) is 0. The molecule has 0 radical (unpaired) electrons. The number of aryl methyl sites for hydroxylation is 1. The van der Waals surface area contributed by atoms with Gasteiger partial charge in [0.1, 0.15) is 0 Å². The van der Waals surface area contributed by atoms with Gasteiger partial charge in [0, 0.05) is 16.4 Å². The highest BCUT2D eigenvalue weighted by Crippen LogP contribution is 2.38. The third-order valence-corrected chi connectivity index (χ3v) is 3.32. The van der Waals surface area contributed by atoms with Gasteiger partial charge in [-0.3, -0.25) is 10.1 Å². The lowest BCUT2D eigenvalue weighted by Gasteiger charge is -2.15. The fourth-order valence-corrected chi connectivity index (χ4v) is 2.30. The predicted octanol–water partition coefficient (Wildman–Crippen LogP) is 3.26. The number of nitro groups is 1. The van der Waals surface area contributed by atoms with Gasteiger partial charge in [-0.15, -0.1) is 11.3 Å². The smallest absolute Gasteiger partial charge is 0.258 e. The maximum absolute atomic E-state index is 10.8. The summed E-state index contributed by atoms with van der Waals surface area (Å²) >= 11 is 1.47. The van der Waals surface area contributed by atoms with Gasteiger partial charge >= 0.3 is 0 Å². The van der Waals surface area contributed by atoms with E-state index in [0.717, 1.165) is 10.4 Å². The second-order valence-electron chi connectivity index (χ2n) is 4.10. The highest BCUT2D eigenvalue weighted by atomic mass is 32.1. The number of nitrogens with zero attached hydrogens (tertiary/aromatic N) is 1. The molecule has 1 aromatic rings. The summed E-state index contributed by atoms with van der Waals surface area (Å²) in [6, 6.07) is 0. The molecule has 13 heavy (non-hydrogen) atoms. The van der Waals surface area contributed by atoms with Crippen LogP contribution in [0.15, 0.2) is 5.38 Å². The number of thiophene rings is 1. The molecule has 0 aromatic carbocycles. The van der Waals surface area contributed by atoms with E-state index in [1.54, 1.807) is 6.92 Å². The second kappa shape index (κ2) is 3.10. The SMILES string of the molecule is Cc1csc(C(C)(C)C)c1[N+](=O)[O-]. The van der Waals surface area contributed by atoms with Crippen LogP contribution in [0.5, 0.6) is 0 Å². The topological polar surface area (TPSA) is 43.1 Å². The molecule has 4 heteroatoms. The Morgan fingerprint density at radius 2 is 2.00 bits per heavy atom. The van der Waals surface area contributed by atoms with Crippen LogP contribution in [0.2, 0.25) is 0 Å². The Bertz CT molecular complexity index is 336. The molecule has 0 aliphatic rings. The van der Waals surface area contributed by atoms with E-state index in [-0.39, 0.29) is 16.0 Å². The maximum atomic E-state index is 10.8. The van der Waals surface area contributed by atoms with Crippen LogP contribution in [-0.4, -0.2) is 4.92 Å². The Kier molecular flexibility index (Phi) is 2.43. The summed E-state index contributed by atoms with van der Waals surface area (Å²) in [6.07, 6.45) is 0. The quantitative estimate of drug-likeness (QED) is 0.514. The Morgan fingerprint density at radius 3 is 2.31 bits per heavy atom. The zero-order valence-electron chi connectivity index (χ0n) is 8.25. The van der Waals surface area contributed by atoms with Crippen LogP contribution >= 0.6 is 11.3 Å². The van der Waals surface area contributed by atoms with Gasteiger partial charge in [-0.25, -0.2) is 0 Å². The molecule has 1 heterocycles. The molecule has 0 amide bonds. The minimum absolute atomic E-state index is 0.138. The van der Waals surface area contributed by atoms with Crippen LogP contribution in [0.3, 0.4) is 0 Å². The van der Waals surface area contributed by atoms with Crippen LogP contribution in [0.1, 0.15) is 31.2 Å². The van der Waals surface area contributed by atoms with Crippen LogP contribution in [0.4, 0.5) is 5.69 Å². The first-order valence-corrected chi connectivity index (χ1v) is 4.95. The molecule has 72 valence electrons. The summed E-state index contributed by atoms with van der Waals surface area (Å²) in [5.41, 5.74) is 0.916. The lowest BCUT2D eigenvalue weighted by molar-refractivity contribution is -0.386. The fraction of sp³-hybridized carbons (Fsp3) is 0.556. The molecular weight excluding hydrogens is 186 g/mol. The predicted molar refractivity (Wildman–Crippen MR) is 54.4 cm³/mol. The van der Waals surface area contributed by atoms with Crippen LogP contribution in [0, 0.1) is 17.0 Å². The molecule has 0 N–H and O–H groups in total. The van der Waals surface area contributed by atoms with Crippen molar-refractivity contribution in [2.24, 2.45) is 0 Å². The molecule has 3 nitrogen and oxygen atoms in total. The van der Waals surface area contributed by atoms with Crippen LogP contribution in [-0.2, 0) is 5.41 Å². The zero-order valence-corrected chi connectivity index (χ0v) is 9.07. The molecule has 0 atom stereocenters. The lowest BCUT2D eigenvalue weighted by Crippen LogP contribution is -2.11. The molecule has 0 aliphatic heterocycles. The van der Waals surface area contributed by atoms with Gasteiger partial charge in [0.05, 0.1) is 9.80 Å². The second-order valence-corrected chi connectivity index (χ2v) is 4.98. The van der Waals surface area contributed by atoms with E-state index in [1.165, 1.54) is 11.3 Å². The van der Waals surface area contributed by atoms with Gasteiger partial charge in [0.25, 0.3) is 5.69 Å². The van der Waals surface area contributed by atoms with Crippen molar-refractivity contribution < 1.29 is 4.92 Å². The minimum Gasteiger partial charge on any atom is -0.258 e. The third kappa shape index (κ3) is 1.88. The van der Waals surface area contributed by atoms with E-state index in [9.17, 15) is 10.1 Å². The highest BCUT2D eigenvalue weighted by molar-refractivity contribution is 7.10. The number of rotatable bonds is 1. The van der Waals surface area contributed by atoms with E-state index in [1.807, 2.05) is 26.2 Å². The average molecular weight is 199 g/mol. The van der Waals surface area contributed by atoms with Gasteiger partial charge < -0.3 is 0 Å². The van der Waals surface area contributed by atoms with Crippen molar-refractivity contribution in [3.63, 3.8) is 0 Å². The molecule has 1 rings (SSSR count). The summed E-state index contributed by atoms with van der Waals surface area (Å²) in [6.45, 7) is 7.76. The summed E-state index contributed by atoms with van der Waals surface area (Å²) in [4.78, 5) is 11.3. The maximum Gasteiger partial charge on any atom is 0.286 e. The molecular formula is C9H13NO2S. The summed E-state index contributed by atoms with van der Waals surface area (Å²) < 4.78 is 0. The summed E-state index contributed by atoms with van der Waals surface area (Å²) in [5, 5.41) is 12.6. The van der Waals surface area contributed by atoms with Crippen molar-refractivity contribution in [1.29, 1.82) is 0 Å². The largest absolute Gasteiger partial charge is 0.286 e. The Hall–Kier alpha value is -0.900. The fourth-order valence-electron chi connectivity index (χ4n) is 1.20. The standard InChI is InChI=1S/C9H13NO2S/c1-6-5-13-8(9(2,3)4)7(6)10(11)12/h5H,1-4H3. The van der Waals surface area contributed by atoms with Crippen molar-refractivity contribution in [3.8, 4) is 0 Å². The first kappa shape index (κ1) is 10.2. The zero-order chi connectivity index (χ0) is 10.2. The van der Waals surface area contributed by atoms with Crippen LogP contribution in [0.25, 0.3) is 0 Å². The third-order valence-electron chi connectivity index (χ3n) is 1.81. The van der Waals surface area contributed by atoms with E-state index in [0.29, 0.717) is 0 Å². The van der Waals surface area contributed by atoms with Crippen LogP contribution < -0.4 is 0 Å². The Morgan fingerprint density at radius 1 is 1.46 bits per heavy atom. The first-order valence-electron chi connectivity index (χ1n) is 4.07. The lowest BCUT2D eigenvalue weighted by atomic mass is 9.93. The number of hydrogen-bond acceptors (Lipinski definition) is 3. The van der Waals surface area contributed by atoms with Crippen molar-refractivity contribution in [2.45, 2.75) is 33.1 Å². The van der Waals surface area contributed by atoms with Gasteiger partial charge in [0.15, 0.2) is 0 Å². The molecule has 0 saturated carbocycles. The molecule has 0 bridgehead atoms. The van der Waals surface area contributed by atoms with Crippen molar-refractivity contribution >= 4 is 17.0 Å². The monoisotopic (exact) mass is 199 g/mol. The van der Waals surface area contributed by atoms with Gasteiger partial charge in [-0.2, -0.15) is 0 Å². The first-order chi connectivity index (χ1) is 5.84. The van der Waals surface area contributed by atoms with Crippen molar-refractivity contribution in [1.82, 2.24) is 0 Å². The van der Waals surface area contributed by atoms with E-state index in [4.69, 9.17) is 0 Å². The highest BCUT2D eigenvalue weighted by Gasteiger charge is 2.28. The van der Waals surface area contributed by atoms with E-state index in [2.05, 4.69) is 0 Å². The Labute approximate surface area is 81.5 Å². The molecule has 0 unspecified atom stereocenters. The van der Waals surface area contributed by atoms with Crippen molar-refractivity contribution in [2.75, 3.05) is 0 Å². The Balaban J connectivity index is 3.31. The van der Waals surface area contributed by atoms with E-state index < -0.39 is 0 Å². The summed E-state index contributed by atoms with van der Waals surface area (Å²) in [5.74, 6) is 0. The van der Waals surface area contributed by atoms with Gasteiger partial charge in [0.2, 0.25) is 0 Å². The van der Waals surface area contributed by atoms with Gasteiger partial charge in [-0.05, 0) is 6.92 Å². The van der Waals surface area contributed by atoms with Gasteiger partial charge in [-0.1, -0.05) is 20.8 Å². The number of hydrogen-bond donors (Lipinski definition) is 0. The molecule has 0 spiro atoms. The molecule has 1 aromatic heterocycles. The van der Waals surface area contributed by atoms with E-state index >= 15 is 0 Å². The molecule has 0 saturated heterocycles. The van der Waals surface area contributed by atoms with Crippen molar-refractivity contribution in [3.05, 3.63) is 25.9 Å². The normalized spacial score (nSPS) is 11.7.